The maximum atomic E-state index is 14.9. The van der Waals surface area contributed by atoms with E-state index >= 15 is 0 Å². The van der Waals surface area contributed by atoms with Crippen LogP contribution in [0, 0.1) is 11.6 Å². The Morgan fingerprint density at radius 3 is 2.43 bits per heavy atom. The van der Waals surface area contributed by atoms with Gasteiger partial charge in [-0.1, -0.05) is 25.3 Å². The molecule has 14 heteroatoms. The van der Waals surface area contributed by atoms with Crippen LogP contribution in [0.5, 0.6) is 0 Å². The molecule has 1 aliphatic carbocycles. The Hall–Kier alpha value is -4.20. The van der Waals surface area contributed by atoms with E-state index in [0.717, 1.165) is 68.5 Å². The molecule has 2 heterocycles. The van der Waals surface area contributed by atoms with Gasteiger partial charge in [0.15, 0.2) is 6.54 Å². The number of alkyl halides is 3. The Labute approximate surface area is 236 Å². The third-order valence-corrected chi connectivity index (χ3v) is 7.65. The number of Topliss-reactive ketones (excluding diaryl/α,β-unsaturated/α-hetero) is 1. The maximum Gasteiger partial charge on any atom is 0.497 e. The van der Waals surface area contributed by atoms with Gasteiger partial charge in [0.2, 0.25) is 17.4 Å². The molecule has 1 unspecified atom stereocenters. The van der Waals surface area contributed by atoms with Crippen molar-refractivity contribution < 1.29 is 46.0 Å². The molecule has 0 N–H and O–H groups in total. The highest BCUT2D eigenvalue weighted by atomic mass is 19.4. The second kappa shape index (κ2) is 11.2. The van der Waals surface area contributed by atoms with Gasteiger partial charge < -0.3 is 9.80 Å². The molecule has 1 saturated heterocycles. The van der Waals surface area contributed by atoms with Gasteiger partial charge in [0.25, 0.3) is 5.91 Å². The Morgan fingerprint density at radius 1 is 1.00 bits per heavy atom. The number of hydroxylamine groups is 1. The monoisotopic (exact) mass is 593 g/mol. The van der Waals surface area contributed by atoms with Gasteiger partial charge in [-0.05, 0) is 42.2 Å². The van der Waals surface area contributed by atoms with Crippen LogP contribution in [0.1, 0.15) is 58.4 Å². The number of hydrogen-bond acceptors (Lipinski definition) is 6. The number of carbonyl (C=O) groups is 4. The van der Waals surface area contributed by atoms with Crippen molar-refractivity contribution in [1.29, 1.82) is 0 Å². The largest absolute Gasteiger partial charge is 0.497 e. The summed E-state index contributed by atoms with van der Waals surface area (Å²) in [5, 5.41) is 3.77. The summed E-state index contributed by atoms with van der Waals surface area (Å²) in [6, 6.07) is 5.80. The number of piperazine rings is 1. The third-order valence-electron chi connectivity index (χ3n) is 7.65. The van der Waals surface area contributed by atoms with E-state index in [9.17, 15) is 41.1 Å². The van der Waals surface area contributed by atoms with E-state index in [1.54, 1.807) is 4.90 Å². The highest BCUT2D eigenvalue weighted by Crippen LogP contribution is 2.37. The third kappa shape index (κ3) is 5.75. The molecule has 2 aromatic rings. The zero-order chi connectivity index (χ0) is 30.2. The summed E-state index contributed by atoms with van der Waals surface area (Å²) in [5.41, 5.74) is -1.22. The smallest absolute Gasteiger partial charge is 0.336 e. The van der Waals surface area contributed by atoms with E-state index in [4.69, 9.17) is 4.84 Å². The van der Waals surface area contributed by atoms with Gasteiger partial charge >= 0.3 is 12.1 Å². The van der Waals surface area contributed by atoms with Gasteiger partial charge in [-0.25, -0.2) is 18.4 Å². The van der Waals surface area contributed by atoms with Gasteiger partial charge in [-0.3, -0.25) is 14.4 Å². The Kier molecular flexibility index (Phi) is 7.84. The lowest BCUT2D eigenvalue weighted by atomic mass is 9.93. The normalized spacial score (nSPS) is 21.4. The first-order valence-corrected chi connectivity index (χ1v) is 13.3. The number of quaternary nitrogens is 1. The number of fused-ring (bicyclic) bond motifs is 1. The molecule has 5 rings (SSSR count). The van der Waals surface area contributed by atoms with Crippen LogP contribution in [0.3, 0.4) is 0 Å². The van der Waals surface area contributed by atoms with E-state index in [1.807, 2.05) is 0 Å². The first-order chi connectivity index (χ1) is 19.9. The molecular formula is C28H26F5N4O5+. The lowest BCUT2D eigenvalue weighted by Crippen LogP contribution is -2.55. The number of hydrogen-bond donors (Lipinski definition) is 0. The van der Waals surface area contributed by atoms with Crippen LogP contribution in [0.15, 0.2) is 41.5 Å². The second-order valence-electron chi connectivity index (χ2n) is 10.4. The van der Waals surface area contributed by atoms with Crippen LogP contribution in [0.2, 0.25) is 0 Å². The van der Waals surface area contributed by atoms with Crippen molar-refractivity contribution in [2.75, 3.05) is 19.6 Å². The van der Waals surface area contributed by atoms with Crippen LogP contribution in [0.25, 0.3) is 0 Å². The minimum atomic E-state index is -5.45. The number of benzene rings is 2. The fourth-order valence-corrected chi connectivity index (χ4v) is 5.60. The van der Waals surface area contributed by atoms with Crippen molar-refractivity contribution in [2.24, 2.45) is 5.10 Å². The predicted molar refractivity (Wildman–Crippen MR) is 138 cm³/mol. The molecule has 0 bridgehead atoms. The average Bonchev–Trinajstić information content (AvgIpc) is 2.95. The first-order valence-electron chi connectivity index (χ1n) is 13.3. The number of halogens is 5. The predicted octanol–water partition coefficient (Wildman–Crippen LogP) is 4.29. The van der Waals surface area contributed by atoms with E-state index < -0.39 is 57.9 Å². The summed E-state index contributed by atoms with van der Waals surface area (Å²) in [4.78, 5) is 58.2. The minimum absolute atomic E-state index is 0.00339. The fourth-order valence-electron chi connectivity index (χ4n) is 5.60. The lowest BCUT2D eigenvalue weighted by Gasteiger charge is -2.40. The molecule has 0 radical (unpaired) electrons. The first kappa shape index (κ1) is 29.3. The number of amides is 2. The maximum absolute atomic E-state index is 14.9. The quantitative estimate of drug-likeness (QED) is 0.381. The molecule has 2 fully saturated rings. The topological polar surface area (TPSA) is 96.4 Å². The molecule has 222 valence electrons. The summed E-state index contributed by atoms with van der Waals surface area (Å²) in [7, 11) is 0. The van der Waals surface area contributed by atoms with Gasteiger partial charge in [0.1, 0.15) is 24.4 Å². The molecule has 1 atom stereocenters. The molecule has 0 spiro atoms. The van der Waals surface area contributed by atoms with Crippen molar-refractivity contribution >= 4 is 35.5 Å². The summed E-state index contributed by atoms with van der Waals surface area (Å²) in [6.07, 6.45) is 0.0730. The Balaban J connectivity index is 1.43. The molecule has 2 aliphatic heterocycles. The minimum Gasteiger partial charge on any atom is -0.336 e. The van der Waals surface area contributed by atoms with E-state index in [0.29, 0.717) is 12.8 Å². The van der Waals surface area contributed by atoms with Crippen molar-refractivity contribution in [2.45, 2.75) is 50.9 Å². The Bertz CT molecular complexity index is 1470. The number of carbonyl (C=O) groups excluding carboxylic acids is 4. The molecule has 9 nitrogen and oxygen atoms in total. The summed E-state index contributed by atoms with van der Waals surface area (Å²) in [6.45, 7) is -0.508. The van der Waals surface area contributed by atoms with Crippen LogP contribution >= 0.6 is 0 Å². The zero-order valence-corrected chi connectivity index (χ0v) is 22.2. The van der Waals surface area contributed by atoms with Gasteiger partial charge in [-0.2, -0.15) is 13.2 Å². The zero-order valence-electron chi connectivity index (χ0n) is 22.2. The molecule has 2 aromatic carbocycles. The average molecular weight is 594 g/mol. The Morgan fingerprint density at radius 2 is 1.74 bits per heavy atom. The molecule has 2 amide bonds. The molecular weight excluding hydrogens is 567 g/mol. The molecule has 42 heavy (non-hydrogen) atoms. The standard InChI is InChI=1S/C28H26F5N4O5/c29-18-7-9-23-21(13-18)24(38)14-34-37(23,42-27(41)28(31,32)33)16-17-6-8-22(30)20(12-17)26(40)35-10-11-36(25(39)15-35)19-4-2-1-3-5-19/h6-9,12-14,19H,1-5,10-11,15-16H2/q+1. The number of ketones is 1. The second-order valence-corrected chi connectivity index (χ2v) is 10.4. The van der Waals surface area contributed by atoms with Crippen LogP contribution in [-0.4, -0.2) is 71.4 Å². The molecule has 1 saturated carbocycles. The highest BCUT2D eigenvalue weighted by Gasteiger charge is 2.52. The van der Waals surface area contributed by atoms with Crippen LogP contribution in [0.4, 0.5) is 27.6 Å². The van der Waals surface area contributed by atoms with E-state index in [1.165, 1.54) is 4.90 Å². The van der Waals surface area contributed by atoms with Crippen LogP contribution < -0.4 is 4.76 Å². The van der Waals surface area contributed by atoms with Crippen molar-refractivity contribution in [3.63, 3.8) is 0 Å². The number of nitrogens with zero attached hydrogens (tertiary/aromatic N) is 4. The van der Waals surface area contributed by atoms with Gasteiger partial charge in [0.05, 0.1) is 11.1 Å². The summed E-state index contributed by atoms with van der Waals surface area (Å²) >= 11 is 0. The fraction of sp³-hybridized carbons (Fsp3) is 0.393. The molecule has 0 aromatic heterocycles. The van der Waals surface area contributed by atoms with E-state index in [2.05, 4.69) is 5.10 Å². The lowest BCUT2D eigenvalue weighted by molar-refractivity contribution is -0.237. The van der Waals surface area contributed by atoms with Crippen molar-refractivity contribution in [3.8, 4) is 0 Å². The van der Waals surface area contributed by atoms with Crippen molar-refractivity contribution in [1.82, 2.24) is 14.6 Å². The van der Waals surface area contributed by atoms with Gasteiger partial charge in [-0.15, -0.1) is 0 Å². The van der Waals surface area contributed by atoms with Gasteiger partial charge in [0, 0.05) is 35.5 Å². The highest BCUT2D eigenvalue weighted by molar-refractivity contribution is 6.37. The number of rotatable bonds is 5. The molecule has 3 aliphatic rings. The van der Waals surface area contributed by atoms with Crippen molar-refractivity contribution in [3.05, 3.63) is 64.7 Å². The van der Waals surface area contributed by atoms with E-state index in [-0.39, 0.29) is 36.3 Å². The summed E-state index contributed by atoms with van der Waals surface area (Å²) in [5.74, 6) is -6.34. The van der Waals surface area contributed by atoms with Crippen LogP contribution in [-0.2, 0) is 21.0 Å². The summed E-state index contributed by atoms with van der Waals surface area (Å²) < 4.78 is 67.0. The SMILES string of the molecule is O=C1C=N[N+](Cc2ccc(F)c(C(=O)N3CCN(C4CCCCC4)C(=O)C3)c2)(OC(=O)C(F)(F)F)c2ccc(F)cc21.